The van der Waals surface area contributed by atoms with Crippen molar-refractivity contribution >= 4 is 29.0 Å². The maximum Gasteiger partial charge on any atom is 0.407 e. The first-order chi connectivity index (χ1) is 15.7. The van der Waals surface area contributed by atoms with Gasteiger partial charge in [-0.3, -0.25) is 0 Å². The molecule has 0 bridgehead atoms. The molecule has 0 amide bonds. The summed E-state index contributed by atoms with van der Waals surface area (Å²) in [6, 6.07) is 5.94. The van der Waals surface area contributed by atoms with Gasteiger partial charge in [0.1, 0.15) is 23.5 Å². The SMILES string of the molecule is [C-]#[N+]c1ccc(N2CCc3c(ncnc3Nc3ccc(C(=O)O)c(F)n3)C2)cc1C(F)(F)F. The minimum absolute atomic E-state index is 0.0466. The number of pyridine rings is 1. The van der Waals surface area contributed by atoms with E-state index in [4.69, 9.17) is 11.7 Å². The van der Waals surface area contributed by atoms with E-state index in [1.165, 1.54) is 18.5 Å². The van der Waals surface area contributed by atoms with Gasteiger partial charge in [-0.05, 0) is 30.7 Å². The van der Waals surface area contributed by atoms with Gasteiger partial charge >= 0.3 is 12.1 Å². The number of carboxylic acid groups (broad SMARTS) is 1. The van der Waals surface area contributed by atoms with Gasteiger partial charge in [-0.2, -0.15) is 17.6 Å². The molecule has 0 saturated heterocycles. The summed E-state index contributed by atoms with van der Waals surface area (Å²) < 4.78 is 53.9. The highest BCUT2D eigenvalue weighted by Gasteiger charge is 2.34. The van der Waals surface area contributed by atoms with Crippen molar-refractivity contribution in [3.63, 3.8) is 0 Å². The molecule has 8 nitrogen and oxygen atoms in total. The number of carboxylic acids is 1. The van der Waals surface area contributed by atoms with Crippen LogP contribution in [0, 0.1) is 12.5 Å². The lowest BCUT2D eigenvalue weighted by molar-refractivity contribution is -0.136. The fraction of sp³-hybridized carbons (Fsp3) is 0.190. The molecule has 33 heavy (non-hydrogen) atoms. The van der Waals surface area contributed by atoms with Crippen molar-refractivity contribution in [2.45, 2.75) is 19.1 Å². The van der Waals surface area contributed by atoms with Crippen molar-refractivity contribution in [1.29, 1.82) is 0 Å². The van der Waals surface area contributed by atoms with Crippen LogP contribution in [0.15, 0.2) is 36.7 Å². The first-order valence-corrected chi connectivity index (χ1v) is 9.50. The minimum atomic E-state index is -4.65. The van der Waals surface area contributed by atoms with Crippen molar-refractivity contribution in [2.24, 2.45) is 0 Å². The average molecular weight is 458 g/mol. The lowest BCUT2D eigenvalue weighted by Crippen LogP contribution is -2.32. The van der Waals surface area contributed by atoms with E-state index in [0.29, 0.717) is 35.7 Å². The number of carbonyl (C=O) groups is 1. The van der Waals surface area contributed by atoms with Gasteiger partial charge in [-0.15, -0.1) is 0 Å². The summed E-state index contributed by atoms with van der Waals surface area (Å²) in [4.78, 5) is 27.6. The third-order valence-electron chi connectivity index (χ3n) is 5.10. The van der Waals surface area contributed by atoms with Crippen LogP contribution in [0.3, 0.4) is 0 Å². The fourth-order valence-electron chi connectivity index (χ4n) is 3.51. The molecule has 2 aromatic heterocycles. The Labute approximate surface area is 184 Å². The number of rotatable bonds is 4. The molecule has 0 fully saturated rings. The summed E-state index contributed by atoms with van der Waals surface area (Å²) in [5.74, 6) is -2.20. The zero-order chi connectivity index (χ0) is 23.8. The maximum absolute atomic E-state index is 13.9. The molecule has 0 aliphatic carbocycles. The van der Waals surface area contributed by atoms with Crippen molar-refractivity contribution in [1.82, 2.24) is 15.0 Å². The van der Waals surface area contributed by atoms with Gasteiger partial charge < -0.3 is 15.3 Å². The Morgan fingerprint density at radius 3 is 2.67 bits per heavy atom. The topological polar surface area (TPSA) is 95.6 Å². The normalized spacial score (nSPS) is 13.2. The molecule has 1 aromatic carbocycles. The second kappa shape index (κ2) is 8.34. The molecule has 0 radical (unpaired) electrons. The molecule has 0 saturated carbocycles. The molecule has 0 spiro atoms. The summed E-state index contributed by atoms with van der Waals surface area (Å²) in [6.07, 6.45) is -3.02. The van der Waals surface area contributed by atoms with Gasteiger partial charge in [0.15, 0.2) is 5.69 Å². The molecular formula is C21H14F4N6O2. The highest BCUT2D eigenvalue weighted by atomic mass is 19.4. The summed E-state index contributed by atoms with van der Waals surface area (Å²) in [6.45, 7) is 7.51. The number of aromatic carboxylic acids is 1. The van der Waals surface area contributed by atoms with Gasteiger partial charge in [0.25, 0.3) is 0 Å². The zero-order valence-electron chi connectivity index (χ0n) is 16.7. The molecule has 1 aliphatic rings. The molecule has 168 valence electrons. The Morgan fingerprint density at radius 2 is 2.00 bits per heavy atom. The van der Waals surface area contributed by atoms with E-state index in [1.807, 2.05) is 0 Å². The molecule has 4 rings (SSSR count). The number of benzene rings is 1. The van der Waals surface area contributed by atoms with E-state index < -0.39 is 34.9 Å². The first-order valence-electron chi connectivity index (χ1n) is 9.50. The summed E-state index contributed by atoms with van der Waals surface area (Å²) in [5.41, 5.74) is -0.476. The second-order valence-corrected chi connectivity index (χ2v) is 7.10. The predicted octanol–water partition coefficient (Wildman–Crippen LogP) is 4.58. The Hall–Kier alpha value is -4.27. The quantitative estimate of drug-likeness (QED) is 0.336. The molecule has 3 heterocycles. The Kier molecular flexibility index (Phi) is 5.55. The number of hydrogen-bond donors (Lipinski definition) is 2. The lowest BCUT2D eigenvalue weighted by atomic mass is 10.0. The fourth-order valence-corrected chi connectivity index (χ4v) is 3.51. The Morgan fingerprint density at radius 1 is 1.21 bits per heavy atom. The standard InChI is InChI=1S/C21H14F4N6O2/c1-26-15-4-2-11(8-14(15)21(23,24)25)31-7-6-12-16(9-31)27-10-28-19(12)30-17-5-3-13(20(32)33)18(22)29-17/h2-5,8,10H,6-7,9H2,(H,32,33)(H,27,28,29,30). The van der Waals surface area contributed by atoms with Gasteiger partial charge in [-0.1, -0.05) is 6.07 Å². The van der Waals surface area contributed by atoms with Gasteiger partial charge in [0.05, 0.1) is 24.4 Å². The van der Waals surface area contributed by atoms with Crippen molar-refractivity contribution in [2.75, 3.05) is 16.8 Å². The molecule has 3 aromatic rings. The van der Waals surface area contributed by atoms with Gasteiger partial charge in [-0.25, -0.2) is 24.6 Å². The second-order valence-electron chi connectivity index (χ2n) is 7.10. The third kappa shape index (κ3) is 4.38. The number of alkyl halides is 3. The van der Waals surface area contributed by atoms with Crippen LogP contribution in [0.2, 0.25) is 0 Å². The monoisotopic (exact) mass is 458 g/mol. The van der Waals surface area contributed by atoms with Crippen LogP contribution >= 0.6 is 0 Å². The first kappa shape index (κ1) is 21.9. The van der Waals surface area contributed by atoms with Crippen LogP contribution < -0.4 is 10.2 Å². The van der Waals surface area contributed by atoms with Crippen molar-refractivity contribution in [3.05, 3.63) is 76.4 Å². The molecule has 2 N–H and O–H groups in total. The van der Waals surface area contributed by atoms with Crippen LogP contribution in [0.5, 0.6) is 0 Å². The number of fused-ring (bicyclic) bond motifs is 1. The van der Waals surface area contributed by atoms with Crippen LogP contribution in [0.1, 0.15) is 27.2 Å². The summed E-state index contributed by atoms with van der Waals surface area (Å²) in [5, 5.41) is 11.8. The number of nitrogens with one attached hydrogen (secondary N) is 1. The maximum atomic E-state index is 13.9. The van der Waals surface area contributed by atoms with E-state index >= 15 is 0 Å². The highest BCUT2D eigenvalue weighted by molar-refractivity contribution is 5.87. The van der Waals surface area contributed by atoms with E-state index in [1.54, 1.807) is 4.90 Å². The Bertz CT molecular complexity index is 1290. The van der Waals surface area contributed by atoms with Crippen LogP contribution in [-0.4, -0.2) is 32.6 Å². The number of hydrogen-bond acceptors (Lipinski definition) is 6. The van der Waals surface area contributed by atoms with Gasteiger partial charge in [0, 0.05) is 17.8 Å². The summed E-state index contributed by atoms with van der Waals surface area (Å²) >= 11 is 0. The molecule has 12 heteroatoms. The highest BCUT2D eigenvalue weighted by Crippen LogP contribution is 2.39. The Balaban J connectivity index is 1.60. The zero-order valence-corrected chi connectivity index (χ0v) is 16.7. The number of nitrogens with zero attached hydrogens (tertiary/aromatic N) is 5. The smallest absolute Gasteiger partial charge is 0.407 e. The third-order valence-corrected chi connectivity index (χ3v) is 5.10. The number of halogens is 4. The largest absolute Gasteiger partial charge is 0.478 e. The van der Waals surface area contributed by atoms with Crippen LogP contribution in [0.25, 0.3) is 4.85 Å². The van der Waals surface area contributed by atoms with Crippen molar-refractivity contribution < 1.29 is 27.5 Å². The molecule has 1 aliphatic heterocycles. The summed E-state index contributed by atoms with van der Waals surface area (Å²) in [7, 11) is 0. The average Bonchev–Trinajstić information content (AvgIpc) is 2.77. The van der Waals surface area contributed by atoms with E-state index in [2.05, 4.69) is 25.1 Å². The van der Waals surface area contributed by atoms with E-state index in [0.717, 1.165) is 18.2 Å². The van der Waals surface area contributed by atoms with Crippen molar-refractivity contribution in [3.8, 4) is 0 Å². The lowest BCUT2D eigenvalue weighted by Gasteiger charge is -2.31. The minimum Gasteiger partial charge on any atom is -0.478 e. The predicted molar refractivity (Wildman–Crippen MR) is 109 cm³/mol. The number of anilines is 3. The molecule has 0 unspecified atom stereocenters. The van der Waals surface area contributed by atoms with Gasteiger partial charge in [0.2, 0.25) is 5.95 Å². The molecule has 0 atom stereocenters. The van der Waals surface area contributed by atoms with E-state index in [9.17, 15) is 22.4 Å². The van der Waals surface area contributed by atoms with Crippen LogP contribution in [-0.2, 0) is 19.1 Å². The number of aromatic nitrogens is 3. The van der Waals surface area contributed by atoms with E-state index in [-0.39, 0.29) is 12.4 Å². The molecular weight excluding hydrogens is 444 g/mol. The van der Waals surface area contributed by atoms with Crippen LogP contribution in [0.4, 0.5) is 40.6 Å².